The highest BCUT2D eigenvalue weighted by molar-refractivity contribution is 14.1. The third-order valence-electron chi connectivity index (χ3n) is 3.47. The molecule has 0 radical (unpaired) electrons. The second-order valence-corrected chi connectivity index (χ2v) is 7.57. The van der Waals surface area contributed by atoms with Crippen molar-refractivity contribution < 1.29 is 0 Å². The van der Waals surface area contributed by atoms with Crippen LogP contribution in [0.5, 0.6) is 0 Å². The van der Waals surface area contributed by atoms with Crippen molar-refractivity contribution in [2.75, 3.05) is 24.5 Å². The first kappa shape index (κ1) is 14.4. The molecule has 0 aliphatic carbocycles. The Morgan fingerprint density at radius 1 is 1.39 bits per heavy atom. The minimum Gasteiger partial charge on any atom is -0.367 e. The Hall–Kier alpha value is -0.000000000000000132. The van der Waals surface area contributed by atoms with Crippen LogP contribution in [-0.4, -0.2) is 25.7 Å². The summed E-state index contributed by atoms with van der Waals surface area (Å²) in [6.07, 6.45) is 0. The summed E-state index contributed by atoms with van der Waals surface area (Å²) in [6, 6.07) is 6.72. The average molecular weight is 379 g/mol. The molecular formula is C14H20ClIN2. The van der Waals surface area contributed by atoms with Gasteiger partial charge in [-0.15, -0.1) is 0 Å². The molecule has 1 aliphatic heterocycles. The lowest BCUT2D eigenvalue weighted by molar-refractivity contribution is 0.254. The van der Waals surface area contributed by atoms with Gasteiger partial charge < -0.3 is 10.2 Å². The van der Waals surface area contributed by atoms with E-state index in [0.29, 0.717) is 6.04 Å². The summed E-state index contributed by atoms with van der Waals surface area (Å²) in [5.74, 6) is 0. The minimum atomic E-state index is 0.271. The van der Waals surface area contributed by atoms with Crippen molar-refractivity contribution in [3.05, 3.63) is 26.8 Å². The molecule has 0 aromatic heterocycles. The zero-order chi connectivity index (χ0) is 13.3. The number of hydrogen-bond acceptors (Lipinski definition) is 2. The molecule has 1 aliphatic rings. The van der Waals surface area contributed by atoms with Crippen LogP contribution in [0.2, 0.25) is 5.02 Å². The number of hydrogen-bond donors (Lipinski definition) is 1. The van der Waals surface area contributed by atoms with Crippen molar-refractivity contribution in [1.29, 1.82) is 0 Å². The maximum absolute atomic E-state index is 6.33. The average Bonchev–Trinajstić information content (AvgIpc) is 2.31. The molecule has 1 aromatic rings. The van der Waals surface area contributed by atoms with Gasteiger partial charge in [-0.3, -0.25) is 0 Å². The van der Waals surface area contributed by atoms with E-state index in [9.17, 15) is 0 Å². The van der Waals surface area contributed by atoms with Crippen LogP contribution in [0.4, 0.5) is 5.69 Å². The van der Waals surface area contributed by atoms with Crippen LogP contribution in [0.3, 0.4) is 0 Å². The number of nitrogens with one attached hydrogen (secondary N) is 1. The zero-order valence-corrected chi connectivity index (χ0v) is 14.0. The van der Waals surface area contributed by atoms with Gasteiger partial charge in [0.05, 0.1) is 10.7 Å². The molecule has 100 valence electrons. The van der Waals surface area contributed by atoms with Crippen LogP contribution in [0.1, 0.15) is 20.8 Å². The van der Waals surface area contributed by atoms with Crippen LogP contribution in [0.15, 0.2) is 18.2 Å². The fourth-order valence-corrected chi connectivity index (χ4v) is 2.99. The topological polar surface area (TPSA) is 15.3 Å². The smallest absolute Gasteiger partial charge is 0.0640 e. The van der Waals surface area contributed by atoms with E-state index < -0.39 is 0 Å². The van der Waals surface area contributed by atoms with Crippen LogP contribution >= 0.6 is 34.2 Å². The number of benzene rings is 1. The Morgan fingerprint density at radius 2 is 2.11 bits per heavy atom. The summed E-state index contributed by atoms with van der Waals surface area (Å²) in [4.78, 5) is 2.40. The zero-order valence-electron chi connectivity index (χ0n) is 11.1. The molecule has 0 spiro atoms. The van der Waals surface area contributed by atoms with Crippen molar-refractivity contribution >= 4 is 39.9 Å². The molecule has 0 amide bonds. The normalized spacial score (nSPS) is 21.2. The van der Waals surface area contributed by atoms with E-state index in [1.807, 2.05) is 6.07 Å². The fraction of sp³-hybridized carbons (Fsp3) is 0.571. The number of piperazine rings is 1. The molecule has 2 nitrogen and oxygen atoms in total. The maximum Gasteiger partial charge on any atom is 0.0640 e. The number of anilines is 1. The summed E-state index contributed by atoms with van der Waals surface area (Å²) < 4.78 is 1.23. The molecule has 1 N–H and O–H groups in total. The van der Waals surface area contributed by atoms with Gasteiger partial charge in [0.25, 0.3) is 0 Å². The summed E-state index contributed by atoms with van der Waals surface area (Å²) in [7, 11) is 0. The molecule has 1 aromatic carbocycles. The van der Waals surface area contributed by atoms with Gasteiger partial charge in [0.15, 0.2) is 0 Å². The first-order chi connectivity index (χ1) is 8.38. The third-order valence-corrected chi connectivity index (χ3v) is 4.46. The summed E-state index contributed by atoms with van der Waals surface area (Å²) in [5.41, 5.74) is 1.44. The van der Waals surface area contributed by atoms with Gasteiger partial charge >= 0.3 is 0 Å². The van der Waals surface area contributed by atoms with E-state index in [4.69, 9.17) is 11.6 Å². The molecule has 1 atom stereocenters. The van der Waals surface area contributed by atoms with Gasteiger partial charge in [0.1, 0.15) is 0 Å². The summed E-state index contributed by atoms with van der Waals surface area (Å²) in [6.45, 7) is 9.90. The van der Waals surface area contributed by atoms with E-state index in [2.05, 4.69) is 65.7 Å². The Bertz CT molecular complexity index is 428. The Balaban J connectivity index is 2.21. The van der Waals surface area contributed by atoms with Gasteiger partial charge in [-0.1, -0.05) is 32.4 Å². The second kappa shape index (κ2) is 5.55. The van der Waals surface area contributed by atoms with Crippen molar-refractivity contribution in [1.82, 2.24) is 5.32 Å². The van der Waals surface area contributed by atoms with Crippen LogP contribution in [0, 0.1) is 8.99 Å². The molecular weight excluding hydrogens is 359 g/mol. The highest BCUT2D eigenvalue weighted by Gasteiger charge is 2.29. The SMILES string of the molecule is CC(C)(C)C1CN(c2cc(I)ccc2Cl)CCN1. The second-order valence-electron chi connectivity index (χ2n) is 5.91. The molecule has 2 rings (SSSR count). The summed E-state index contributed by atoms with van der Waals surface area (Å²) >= 11 is 8.66. The molecule has 4 heteroatoms. The lowest BCUT2D eigenvalue weighted by Crippen LogP contribution is -2.56. The monoisotopic (exact) mass is 378 g/mol. The van der Waals surface area contributed by atoms with Crippen molar-refractivity contribution in [2.45, 2.75) is 26.8 Å². The highest BCUT2D eigenvalue weighted by atomic mass is 127. The molecule has 1 heterocycles. The molecule has 1 unspecified atom stereocenters. The standard InChI is InChI=1S/C14H20ClIN2/c1-14(2,3)13-9-18(7-6-17-13)12-8-10(16)4-5-11(12)15/h4-5,8,13,17H,6-7,9H2,1-3H3. The lowest BCUT2D eigenvalue weighted by Gasteiger charge is -2.41. The fourth-order valence-electron chi connectivity index (χ4n) is 2.28. The quantitative estimate of drug-likeness (QED) is 0.748. The van der Waals surface area contributed by atoms with Gasteiger partial charge in [0, 0.05) is 29.2 Å². The first-order valence-corrected chi connectivity index (χ1v) is 7.77. The molecule has 1 fully saturated rings. The Labute approximate surface area is 128 Å². The molecule has 18 heavy (non-hydrogen) atoms. The molecule has 0 bridgehead atoms. The summed E-state index contributed by atoms with van der Waals surface area (Å²) in [5, 5.41) is 4.46. The number of halogens is 2. The first-order valence-electron chi connectivity index (χ1n) is 6.31. The van der Waals surface area contributed by atoms with Crippen LogP contribution in [-0.2, 0) is 0 Å². The van der Waals surface area contributed by atoms with Crippen LogP contribution < -0.4 is 10.2 Å². The van der Waals surface area contributed by atoms with E-state index in [1.54, 1.807) is 0 Å². The van der Waals surface area contributed by atoms with Crippen molar-refractivity contribution in [2.24, 2.45) is 5.41 Å². The van der Waals surface area contributed by atoms with Crippen molar-refractivity contribution in [3.8, 4) is 0 Å². The third kappa shape index (κ3) is 3.31. The largest absolute Gasteiger partial charge is 0.367 e. The van der Waals surface area contributed by atoms with Gasteiger partial charge in [-0.05, 0) is 46.2 Å². The van der Waals surface area contributed by atoms with Gasteiger partial charge in [-0.2, -0.15) is 0 Å². The van der Waals surface area contributed by atoms with E-state index in [1.165, 1.54) is 9.26 Å². The predicted octanol–water partition coefficient (Wildman–Crippen LogP) is 3.77. The number of rotatable bonds is 1. The van der Waals surface area contributed by atoms with Gasteiger partial charge in [0.2, 0.25) is 0 Å². The van der Waals surface area contributed by atoms with Crippen molar-refractivity contribution in [3.63, 3.8) is 0 Å². The Kier molecular flexibility index (Phi) is 4.44. The van der Waals surface area contributed by atoms with E-state index in [0.717, 1.165) is 24.7 Å². The van der Waals surface area contributed by atoms with Gasteiger partial charge in [-0.25, -0.2) is 0 Å². The highest BCUT2D eigenvalue weighted by Crippen LogP contribution is 2.30. The van der Waals surface area contributed by atoms with E-state index in [-0.39, 0.29) is 5.41 Å². The predicted molar refractivity (Wildman–Crippen MR) is 87.6 cm³/mol. The molecule has 0 saturated carbocycles. The minimum absolute atomic E-state index is 0.271. The van der Waals surface area contributed by atoms with Crippen LogP contribution in [0.25, 0.3) is 0 Å². The Morgan fingerprint density at radius 3 is 2.78 bits per heavy atom. The maximum atomic E-state index is 6.33. The molecule has 1 saturated heterocycles. The lowest BCUT2D eigenvalue weighted by atomic mass is 9.85. The van der Waals surface area contributed by atoms with E-state index >= 15 is 0 Å². The number of nitrogens with zero attached hydrogens (tertiary/aromatic N) is 1.